The van der Waals surface area contributed by atoms with Gasteiger partial charge in [-0.3, -0.25) is 4.57 Å². The van der Waals surface area contributed by atoms with Gasteiger partial charge < -0.3 is 13.9 Å². The van der Waals surface area contributed by atoms with E-state index in [1.165, 1.54) is 11.8 Å². The fraction of sp³-hybridized carbons (Fsp3) is 0.179. The molecule has 0 fully saturated rings. The van der Waals surface area contributed by atoms with E-state index in [1.807, 2.05) is 65.2 Å². The Balaban J connectivity index is 1.57. The molecule has 0 aliphatic heterocycles. The van der Waals surface area contributed by atoms with Crippen LogP contribution in [0.25, 0.3) is 28.0 Å². The zero-order chi connectivity index (χ0) is 25.1. The summed E-state index contributed by atoms with van der Waals surface area (Å²) in [5.74, 6) is 2.64. The van der Waals surface area contributed by atoms with E-state index in [2.05, 4.69) is 23.2 Å². The first-order chi connectivity index (χ1) is 17.6. The highest BCUT2D eigenvalue weighted by molar-refractivity contribution is 7.98. The molecule has 0 unspecified atom stereocenters. The maximum atomic E-state index is 12.3. The molecule has 7 nitrogen and oxygen atoms in total. The Morgan fingerprint density at radius 3 is 2.50 bits per heavy atom. The van der Waals surface area contributed by atoms with Crippen LogP contribution in [0.2, 0.25) is 0 Å². The molecule has 5 aromatic rings. The highest BCUT2D eigenvalue weighted by Crippen LogP contribution is 2.35. The molecule has 36 heavy (non-hydrogen) atoms. The number of fused-ring (bicyclic) bond motifs is 1. The quantitative estimate of drug-likeness (QED) is 0.194. The zero-order valence-electron chi connectivity index (χ0n) is 20.2. The molecule has 5 rings (SSSR count). The lowest BCUT2D eigenvalue weighted by Crippen LogP contribution is -2.02. The molecule has 0 spiro atoms. The Bertz CT molecular complexity index is 1570. The van der Waals surface area contributed by atoms with Gasteiger partial charge in [0.2, 0.25) is 0 Å². The minimum atomic E-state index is -0.363. The van der Waals surface area contributed by atoms with E-state index >= 15 is 0 Å². The smallest absolute Gasteiger partial charge is 0.336 e. The molecular weight excluding hydrogens is 474 g/mol. The Hall–Kier alpha value is -4.04. The number of para-hydroxylation sites is 1. The molecule has 2 aromatic heterocycles. The number of hydrogen-bond donors (Lipinski definition) is 0. The summed E-state index contributed by atoms with van der Waals surface area (Å²) in [5, 5.41) is 10.7. The van der Waals surface area contributed by atoms with Crippen LogP contribution in [0.1, 0.15) is 18.1 Å². The topological polar surface area (TPSA) is 79.4 Å². The molecule has 8 heteroatoms. The fourth-order valence-electron chi connectivity index (χ4n) is 4.09. The van der Waals surface area contributed by atoms with Crippen molar-refractivity contribution in [2.45, 2.75) is 24.3 Å². The van der Waals surface area contributed by atoms with E-state index in [0.717, 1.165) is 39.9 Å². The van der Waals surface area contributed by atoms with Gasteiger partial charge >= 0.3 is 5.63 Å². The molecule has 0 radical (unpaired) electrons. The number of aromatic nitrogens is 3. The Morgan fingerprint density at radius 1 is 0.944 bits per heavy atom. The van der Waals surface area contributed by atoms with Crippen LogP contribution in [0.5, 0.6) is 11.5 Å². The van der Waals surface area contributed by atoms with Crippen molar-refractivity contribution in [3.8, 4) is 28.6 Å². The molecule has 0 N–H and O–H groups in total. The molecule has 0 atom stereocenters. The average molecular weight is 500 g/mol. The summed E-state index contributed by atoms with van der Waals surface area (Å²) < 4.78 is 18.4. The van der Waals surface area contributed by atoms with Crippen molar-refractivity contribution in [2.75, 3.05) is 14.2 Å². The van der Waals surface area contributed by atoms with Gasteiger partial charge in [-0.1, -0.05) is 43.0 Å². The second kappa shape index (κ2) is 10.3. The number of aryl methyl sites for hydroxylation is 1. The average Bonchev–Trinajstić information content (AvgIpc) is 3.34. The molecule has 0 amide bonds. The van der Waals surface area contributed by atoms with Crippen LogP contribution < -0.4 is 15.1 Å². The second-order valence-electron chi connectivity index (χ2n) is 8.10. The minimum absolute atomic E-state index is 0.363. The zero-order valence-corrected chi connectivity index (χ0v) is 21.0. The third-order valence-electron chi connectivity index (χ3n) is 5.97. The number of hydrogen-bond acceptors (Lipinski definition) is 7. The first-order valence-corrected chi connectivity index (χ1v) is 12.5. The molecule has 0 bridgehead atoms. The van der Waals surface area contributed by atoms with Gasteiger partial charge in [0.1, 0.15) is 17.1 Å². The van der Waals surface area contributed by atoms with Crippen LogP contribution in [0.3, 0.4) is 0 Å². The minimum Gasteiger partial charge on any atom is -0.497 e. The van der Waals surface area contributed by atoms with Crippen molar-refractivity contribution >= 4 is 22.7 Å². The number of methoxy groups -OCH3 is 2. The first kappa shape index (κ1) is 23.7. The summed E-state index contributed by atoms with van der Waals surface area (Å²) in [6, 6.07) is 23.0. The van der Waals surface area contributed by atoms with Crippen molar-refractivity contribution in [1.29, 1.82) is 0 Å². The molecule has 0 aliphatic rings. The van der Waals surface area contributed by atoms with E-state index in [4.69, 9.17) is 13.9 Å². The number of thioether (sulfide) groups is 1. The number of benzene rings is 3. The standard InChI is InChI=1S/C28H25N3O4S/c1-4-18-9-14-22-19(16-26(32)35-25(22)15-18)17-36-28-30-29-27(23-7-5-6-8-24(23)34-3)31(28)20-10-12-21(33-2)13-11-20/h5-16H,4,17H2,1-3H3. The van der Waals surface area contributed by atoms with Gasteiger partial charge in [-0.15, -0.1) is 10.2 Å². The van der Waals surface area contributed by atoms with Gasteiger partial charge in [0, 0.05) is 17.2 Å². The summed E-state index contributed by atoms with van der Waals surface area (Å²) in [5.41, 5.74) is 3.96. The van der Waals surface area contributed by atoms with Gasteiger partial charge in [0.15, 0.2) is 11.0 Å². The lowest BCUT2D eigenvalue weighted by Gasteiger charge is -2.13. The monoisotopic (exact) mass is 499 g/mol. The van der Waals surface area contributed by atoms with Crippen molar-refractivity contribution in [2.24, 2.45) is 0 Å². The Labute approximate surface area is 212 Å². The number of nitrogens with zero attached hydrogens (tertiary/aromatic N) is 3. The van der Waals surface area contributed by atoms with E-state index in [1.54, 1.807) is 20.3 Å². The lowest BCUT2D eigenvalue weighted by molar-refractivity contribution is 0.414. The normalized spacial score (nSPS) is 11.1. The van der Waals surface area contributed by atoms with Gasteiger partial charge in [0.25, 0.3) is 0 Å². The van der Waals surface area contributed by atoms with E-state index in [-0.39, 0.29) is 5.63 Å². The van der Waals surface area contributed by atoms with Gasteiger partial charge in [-0.2, -0.15) is 0 Å². The summed E-state index contributed by atoms with van der Waals surface area (Å²) in [6.07, 6.45) is 0.870. The van der Waals surface area contributed by atoms with Gasteiger partial charge in [-0.25, -0.2) is 4.79 Å². The predicted octanol–water partition coefficient (Wildman–Crippen LogP) is 5.91. The predicted molar refractivity (Wildman–Crippen MR) is 141 cm³/mol. The van der Waals surface area contributed by atoms with Gasteiger partial charge in [0.05, 0.1) is 25.5 Å². The van der Waals surface area contributed by atoms with E-state index in [0.29, 0.717) is 28.1 Å². The summed E-state index contributed by atoms with van der Waals surface area (Å²) in [6.45, 7) is 2.07. The third kappa shape index (κ3) is 4.59. The maximum absolute atomic E-state index is 12.3. The highest BCUT2D eigenvalue weighted by atomic mass is 32.2. The fourth-order valence-corrected chi connectivity index (χ4v) is 5.03. The van der Waals surface area contributed by atoms with Crippen LogP contribution in [0, 0.1) is 0 Å². The first-order valence-electron chi connectivity index (χ1n) is 11.5. The lowest BCUT2D eigenvalue weighted by atomic mass is 10.1. The van der Waals surface area contributed by atoms with Crippen LogP contribution in [-0.4, -0.2) is 29.0 Å². The number of ether oxygens (including phenoxy) is 2. The van der Waals surface area contributed by atoms with Crippen LogP contribution in [0.4, 0.5) is 0 Å². The molecule has 2 heterocycles. The van der Waals surface area contributed by atoms with Crippen molar-refractivity contribution in [3.63, 3.8) is 0 Å². The molecule has 3 aromatic carbocycles. The van der Waals surface area contributed by atoms with E-state index < -0.39 is 0 Å². The summed E-state index contributed by atoms with van der Waals surface area (Å²) in [7, 11) is 3.28. The van der Waals surface area contributed by atoms with Crippen LogP contribution in [0.15, 0.2) is 87.2 Å². The van der Waals surface area contributed by atoms with Crippen molar-refractivity contribution in [3.05, 3.63) is 94.3 Å². The molecule has 0 saturated heterocycles. The van der Waals surface area contributed by atoms with Crippen molar-refractivity contribution < 1.29 is 13.9 Å². The Kier molecular flexibility index (Phi) is 6.77. The van der Waals surface area contributed by atoms with Crippen molar-refractivity contribution in [1.82, 2.24) is 14.8 Å². The summed E-state index contributed by atoms with van der Waals surface area (Å²) >= 11 is 1.50. The molecule has 0 saturated carbocycles. The number of rotatable bonds is 8. The maximum Gasteiger partial charge on any atom is 0.336 e. The van der Waals surface area contributed by atoms with Gasteiger partial charge in [-0.05, 0) is 60.0 Å². The molecular formula is C28H25N3O4S. The highest BCUT2D eigenvalue weighted by Gasteiger charge is 2.20. The SMILES string of the molecule is CCc1ccc2c(CSc3nnc(-c4ccccc4OC)n3-c3ccc(OC)cc3)cc(=O)oc2c1. The van der Waals surface area contributed by atoms with Crippen LogP contribution >= 0.6 is 11.8 Å². The second-order valence-corrected chi connectivity index (χ2v) is 9.05. The van der Waals surface area contributed by atoms with E-state index in [9.17, 15) is 4.79 Å². The molecule has 0 aliphatic carbocycles. The third-order valence-corrected chi connectivity index (χ3v) is 6.95. The molecule has 182 valence electrons. The van der Waals surface area contributed by atoms with Crippen LogP contribution in [-0.2, 0) is 12.2 Å². The Morgan fingerprint density at radius 2 is 1.75 bits per heavy atom. The summed E-state index contributed by atoms with van der Waals surface area (Å²) in [4.78, 5) is 12.3. The largest absolute Gasteiger partial charge is 0.497 e.